The molecule has 0 spiro atoms. The van der Waals surface area contributed by atoms with Gasteiger partial charge in [-0.05, 0) is 69.6 Å². The van der Waals surface area contributed by atoms with Crippen molar-refractivity contribution < 1.29 is 0 Å². The molecule has 5 nitrogen and oxygen atoms in total. The first-order chi connectivity index (χ1) is 15.9. The summed E-state index contributed by atoms with van der Waals surface area (Å²) in [4.78, 5) is 15.2. The van der Waals surface area contributed by atoms with Gasteiger partial charge in [0.15, 0.2) is 0 Å². The van der Waals surface area contributed by atoms with Gasteiger partial charge in [-0.1, -0.05) is 42.8 Å². The topological polar surface area (TPSA) is 25.9 Å². The molecule has 1 aromatic carbocycles. The van der Waals surface area contributed by atoms with E-state index in [0.29, 0.717) is 6.04 Å². The fourth-order valence-corrected chi connectivity index (χ4v) is 5.91. The molecular weight excluding hydrogens is 394 g/mol. The molecule has 5 heteroatoms. The van der Waals surface area contributed by atoms with Gasteiger partial charge in [-0.2, -0.15) is 0 Å². The minimum absolute atomic E-state index is 0.480. The molecule has 0 aliphatic carbocycles. The zero-order chi connectivity index (χ0) is 21.6. The molecule has 3 aliphatic heterocycles. The molecule has 1 aromatic heterocycles. The predicted molar refractivity (Wildman–Crippen MR) is 132 cm³/mol. The van der Waals surface area contributed by atoms with Crippen molar-refractivity contribution in [1.29, 1.82) is 0 Å². The first-order valence-electron chi connectivity index (χ1n) is 12.8. The van der Waals surface area contributed by atoms with Crippen LogP contribution in [0, 0.1) is 0 Å². The van der Waals surface area contributed by atoms with E-state index in [0.717, 1.165) is 44.6 Å². The molecule has 172 valence electrons. The van der Waals surface area contributed by atoms with E-state index in [1.54, 1.807) is 0 Å². The van der Waals surface area contributed by atoms with Crippen LogP contribution in [-0.4, -0.2) is 84.6 Å². The Bertz CT molecular complexity index is 791. The highest BCUT2D eigenvalue weighted by atomic mass is 15.3. The van der Waals surface area contributed by atoms with Crippen molar-refractivity contribution in [2.45, 2.75) is 44.2 Å². The minimum atomic E-state index is 0.480. The third kappa shape index (κ3) is 5.33. The predicted octanol–water partition coefficient (Wildman–Crippen LogP) is 3.90. The number of anilines is 1. The molecule has 3 fully saturated rings. The first kappa shape index (κ1) is 21.9. The number of pyridine rings is 1. The van der Waals surface area contributed by atoms with Crippen molar-refractivity contribution in [3.63, 3.8) is 0 Å². The third-order valence-corrected chi connectivity index (χ3v) is 7.81. The van der Waals surface area contributed by atoms with Crippen LogP contribution in [0.5, 0.6) is 0 Å². The molecule has 0 bridgehead atoms. The average Bonchev–Trinajstić information content (AvgIpc) is 2.89. The Morgan fingerprint density at radius 1 is 0.750 bits per heavy atom. The molecule has 0 radical (unpaired) electrons. The summed E-state index contributed by atoms with van der Waals surface area (Å²) in [5.74, 6) is 1.11. The molecule has 32 heavy (non-hydrogen) atoms. The lowest BCUT2D eigenvalue weighted by Crippen LogP contribution is -2.52. The van der Waals surface area contributed by atoms with E-state index in [4.69, 9.17) is 0 Å². The van der Waals surface area contributed by atoms with E-state index in [-0.39, 0.29) is 0 Å². The zero-order valence-corrected chi connectivity index (χ0v) is 19.5. The van der Waals surface area contributed by atoms with Gasteiger partial charge in [-0.3, -0.25) is 4.90 Å². The van der Waals surface area contributed by atoms with Gasteiger partial charge in [-0.15, -0.1) is 0 Å². The second-order valence-corrected chi connectivity index (χ2v) is 9.77. The van der Waals surface area contributed by atoms with Gasteiger partial charge in [0.2, 0.25) is 0 Å². The van der Waals surface area contributed by atoms with Crippen molar-refractivity contribution in [2.24, 2.45) is 0 Å². The largest absolute Gasteiger partial charge is 0.354 e. The maximum absolute atomic E-state index is 4.56. The Kier molecular flexibility index (Phi) is 7.37. The standard InChI is InChI=1S/C27H39N5/c1-3-9-24(10-4-1)26(31-19-21-32(22-20-31)27-11-5-6-14-28-27)23-29-17-12-25(13-18-29)30-15-7-2-8-16-30/h1,3-6,9-11,14,25-26H,2,7-8,12-13,15-23H2. The van der Waals surface area contributed by atoms with Crippen LogP contribution in [0.15, 0.2) is 54.7 Å². The fourth-order valence-electron chi connectivity index (χ4n) is 5.91. The highest BCUT2D eigenvalue weighted by Crippen LogP contribution is 2.27. The molecule has 0 saturated carbocycles. The zero-order valence-electron chi connectivity index (χ0n) is 19.5. The summed E-state index contributed by atoms with van der Waals surface area (Å²) in [6.45, 7) is 10.6. The van der Waals surface area contributed by atoms with Crippen LogP contribution in [-0.2, 0) is 0 Å². The molecule has 0 amide bonds. The monoisotopic (exact) mass is 433 g/mol. The highest BCUT2D eigenvalue weighted by Gasteiger charge is 2.30. The summed E-state index contributed by atoms with van der Waals surface area (Å²) in [5.41, 5.74) is 1.47. The average molecular weight is 434 g/mol. The minimum Gasteiger partial charge on any atom is -0.354 e. The SMILES string of the molecule is c1ccc(C(CN2CCC(N3CCCCC3)CC2)N2CCN(c3ccccn3)CC2)cc1. The molecule has 4 heterocycles. The van der Waals surface area contributed by atoms with Gasteiger partial charge < -0.3 is 14.7 Å². The van der Waals surface area contributed by atoms with Gasteiger partial charge in [0.25, 0.3) is 0 Å². The molecule has 2 aromatic rings. The van der Waals surface area contributed by atoms with Crippen LogP contribution < -0.4 is 4.90 Å². The van der Waals surface area contributed by atoms with Crippen LogP contribution in [0.25, 0.3) is 0 Å². The number of rotatable bonds is 6. The van der Waals surface area contributed by atoms with Crippen LogP contribution in [0.4, 0.5) is 5.82 Å². The summed E-state index contributed by atoms with van der Waals surface area (Å²) in [5, 5.41) is 0. The summed E-state index contributed by atoms with van der Waals surface area (Å²) in [6, 6.07) is 18.7. The fraction of sp³-hybridized carbons (Fsp3) is 0.593. The number of nitrogens with zero attached hydrogens (tertiary/aromatic N) is 5. The van der Waals surface area contributed by atoms with Crippen molar-refractivity contribution >= 4 is 5.82 Å². The van der Waals surface area contributed by atoms with E-state index < -0.39 is 0 Å². The van der Waals surface area contributed by atoms with Gasteiger partial charge in [0, 0.05) is 51.0 Å². The van der Waals surface area contributed by atoms with Gasteiger partial charge in [-0.25, -0.2) is 4.98 Å². The number of aromatic nitrogens is 1. The maximum atomic E-state index is 4.56. The van der Waals surface area contributed by atoms with Crippen LogP contribution in [0.3, 0.4) is 0 Å². The first-order valence-corrected chi connectivity index (χ1v) is 12.8. The lowest BCUT2D eigenvalue weighted by Gasteiger charge is -2.44. The Hall–Kier alpha value is -1.95. The van der Waals surface area contributed by atoms with E-state index in [2.05, 4.69) is 67.0 Å². The number of piperazine rings is 1. The van der Waals surface area contributed by atoms with E-state index in [1.165, 1.54) is 63.8 Å². The van der Waals surface area contributed by atoms with Crippen molar-refractivity contribution in [3.05, 3.63) is 60.3 Å². The van der Waals surface area contributed by atoms with Crippen molar-refractivity contribution in [2.75, 3.05) is 63.8 Å². The van der Waals surface area contributed by atoms with Crippen LogP contribution in [0.1, 0.15) is 43.7 Å². The van der Waals surface area contributed by atoms with Crippen molar-refractivity contribution in [1.82, 2.24) is 19.7 Å². The number of benzene rings is 1. The van der Waals surface area contributed by atoms with Gasteiger partial charge >= 0.3 is 0 Å². The van der Waals surface area contributed by atoms with E-state index in [1.807, 2.05) is 12.3 Å². The smallest absolute Gasteiger partial charge is 0.128 e. The van der Waals surface area contributed by atoms with E-state index >= 15 is 0 Å². The molecule has 5 rings (SSSR count). The Morgan fingerprint density at radius 3 is 2.16 bits per heavy atom. The molecule has 1 atom stereocenters. The third-order valence-electron chi connectivity index (χ3n) is 7.81. The summed E-state index contributed by atoms with van der Waals surface area (Å²) in [7, 11) is 0. The van der Waals surface area contributed by atoms with Crippen LogP contribution >= 0.6 is 0 Å². The molecule has 1 unspecified atom stereocenters. The normalized spacial score (nSPS) is 23.3. The number of likely N-dealkylation sites (tertiary alicyclic amines) is 2. The van der Waals surface area contributed by atoms with Gasteiger partial charge in [0.1, 0.15) is 5.82 Å². The maximum Gasteiger partial charge on any atom is 0.128 e. The molecular formula is C27H39N5. The molecule has 3 aliphatic rings. The number of hydrogen-bond acceptors (Lipinski definition) is 5. The lowest BCUT2D eigenvalue weighted by atomic mass is 9.98. The second kappa shape index (κ2) is 10.8. The summed E-state index contributed by atoms with van der Waals surface area (Å²) in [6.07, 6.45) is 8.83. The molecule has 3 saturated heterocycles. The lowest BCUT2D eigenvalue weighted by molar-refractivity contribution is 0.0699. The summed E-state index contributed by atoms with van der Waals surface area (Å²) < 4.78 is 0. The summed E-state index contributed by atoms with van der Waals surface area (Å²) >= 11 is 0. The van der Waals surface area contributed by atoms with Gasteiger partial charge in [0.05, 0.1) is 0 Å². The number of piperidine rings is 2. The van der Waals surface area contributed by atoms with Crippen molar-refractivity contribution in [3.8, 4) is 0 Å². The Balaban J connectivity index is 1.20. The van der Waals surface area contributed by atoms with Crippen LogP contribution in [0.2, 0.25) is 0 Å². The van der Waals surface area contributed by atoms with E-state index in [9.17, 15) is 0 Å². The quantitative estimate of drug-likeness (QED) is 0.688. The second-order valence-electron chi connectivity index (χ2n) is 9.77. The molecule has 0 N–H and O–H groups in total. The Morgan fingerprint density at radius 2 is 1.47 bits per heavy atom. The number of hydrogen-bond donors (Lipinski definition) is 0. The highest BCUT2D eigenvalue weighted by molar-refractivity contribution is 5.38. The Labute approximate surface area is 194 Å².